The zero-order valence-corrected chi connectivity index (χ0v) is 7.36. The van der Waals surface area contributed by atoms with Gasteiger partial charge in [-0.2, -0.15) is 0 Å². The van der Waals surface area contributed by atoms with E-state index in [4.69, 9.17) is 0 Å². The zero-order valence-electron chi connectivity index (χ0n) is 6.20. The van der Waals surface area contributed by atoms with E-state index in [9.17, 15) is 0 Å². The Morgan fingerprint density at radius 2 is 2.20 bits per heavy atom. The number of aromatic nitrogens is 1. The Kier molecular flexibility index (Phi) is 2.23. The third kappa shape index (κ3) is 1.68. The van der Waals surface area contributed by atoms with Crippen LogP contribution in [0.25, 0.3) is 0 Å². The summed E-state index contributed by atoms with van der Waals surface area (Å²) in [6, 6.07) is 3.97. The molecule has 10 heavy (non-hydrogen) atoms. The van der Waals surface area contributed by atoms with Crippen LogP contribution in [0.2, 0.25) is 0 Å². The van der Waals surface area contributed by atoms with Crippen LogP contribution in [0, 0.1) is 0 Å². The lowest BCUT2D eigenvalue weighted by Crippen LogP contribution is -2.11. The highest BCUT2D eigenvalue weighted by atomic mass is 31.0. The Labute approximate surface area is 63.5 Å². The van der Waals surface area contributed by atoms with Gasteiger partial charge in [-0.05, 0) is 17.4 Å². The second kappa shape index (κ2) is 2.98. The van der Waals surface area contributed by atoms with Crippen molar-refractivity contribution in [1.29, 1.82) is 0 Å². The van der Waals surface area contributed by atoms with E-state index in [0.717, 1.165) is 5.82 Å². The number of nitrogens with zero attached hydrogens (tertiary/aromatic N) is 2. The summed E-state index contributed by atoms with van der Waals surface area (Å²) in [6.07, 6.45) is 1.80. The fourth-order valence-corrected chi connectivity index (χ4v) is 0.914. The molecule has 0 aromatic carbocycles. The van der Waals surface area contributed by atoms with Gasteiger partial charge in [0.05, 0.1) is 0 Å². The molecule has 0 bridgehead atoms. The van der Waals surface area contributed by atoms with Crippen molar-refractivity contribution >= 4 is 20.4 Å². The van der Waals surface area contributed by atoms with Crippen molar-refractivity contribution in [3.63, 3.8) is 0 Å². The molecule has 54 valence electrons. The SMILES string of the molecule is CN(C)c1cc(P)ccn1. The minimum absolute atomic E-state index is 0.993. The van der Waals surface area contributed by atoms with E-state index in [1.165, 1.54) is 5.30 Å². The summed E-state index contributed by atoms with van der Waals surface area (Å²) in [5.74, 6) is 0.993. The largest absolute Gasteiger partial charge is 0.363 e. The summed E-state index contributed by atoms with van der Waals surface area (Å²) >= 11 is 0. The zero-order chi connectivity index (χ0) is 7.56. The molecule has 0 aliphatic rings. The third-order valence-corrected chi connectivity index (χ3v) is 1.59. The Morgan fingerprint density at radius 1 is 1.50 bits per heavy atom. The van der Waals surface area contributed by atoms with Gasteiger partial charge in [0.2, 0.25) is 0 Å². The quantitative estimate of drug-likeness (QED) is 0.552. The predicted octanol–water partition coefficient (Wildman–Crippen LogP) is 0.648. The second-order valence-corrected chi connectivity index (χ2v) is 3.01. The number of rotatable bonds is 1. The van der Waals surface area contributed by atoms with Crippen molar-refractivity contribution in [3.05, 3.63) is 18.3 Å². The molecule has 1 heterocycles. The van der Waals surface area contributed by atoms with Crippen LogP contribution in [0.5, 0.6) is 0 Å². The highest BCUT2D eigenvalue weighted by Crippen LogP contribution is 2.03. The molecular formula is C7H11N2P. The van der Waals surface area contributed by atoms with Crippen LogP contribution in [0.3, 0.4) is 0 Å². The van der Waals surface area contributed by atoms with Gasteiger partial charge < -0.3 is 4.90 Å². The van der Waals surface area contributed by atoms with Gasteiger partial charge in [0, 0.05) is 20.3 Å². The van der Waals surface area contributed by atoms with Crippen molar-refractivity contribution in [2.45, 2.75) is 0 Å². The van der Waals surface area contributed by atoms with Crippen molar-refractivity contribution in [2.75, 3.05) is 19.0 Å². The van der Waals surface area contributed by atoms with E-state index < -0.39 is 0 Å². The molecule has 2 nitrogen and oxygen atoms in total. The summed E-state index contributed by atoms with van der Waals surface area (Å²) in [6.45, 7) is 0. The molecule has 0 amide bonds. The maximum Gasteiger partial charge on any atom is 0.128 e. The van der Waals surface area contributed by atoms with Crippen molar-refractivity contribution in [1.82, 2.24) is 4.98 Å². The average molecular weight is 154 g/mol. The summed E-state index contributed by atoms with van der Waals surface area (Å²) in [5, 5.41) is 1.17. The van der Waals surface area contributed by atoms with Crippen molar-refractivity contribution in [2.24, 2.45) is 0 Å². The first-order valence-corrected chi connectivity index (χ1v) is 3.67. The molecule has 0 saturated carbocycles. The van der Waals surface area contributed by atoms with Gasteiger partial charge >= 0.3 is 0 Å². The van der Waals surface area contributed by atoms with Gasteiger partial charge in [-0.25, -0.2) is 4.98 Å². The minimum Gasteiger partial charge on any atom is -0.363 e. The van der Waals surface area contributed by atoms with Gasteiger partial charge in [-0.1, -0.05) is 0 Å². The van der Waals surface area contributed by atoms with Crippen LogP contribution in [-0.4, -0.2) is 19.1 Å². The molecule has 0 aliphatic heterocycles. The Morgan fingerprint density at radius 3 is 2.60 bits per heavy atom. The molecular weight excluding hydrogens is 143 g/mol. The molecule has 0 saturated heterocycles. The van der Waals surface area contributed by atoms with Crippen LogP contribution in [0.15, 0.2) is 18.3 Å². The Bertz CT molecular complexity index is 223. The monoisotopic (exact) mass is 154 g/mol. The lowest BCUT2D eigenvalue weighted by Gasteiger charge is -2.10. The lowest BCUT2D eigenvalue weighted by molar-refractivity contribution is 1.07. The van der Waals surface area contributed by atoms with Gasteiger partial charge in [-0.3, -0.25) is 0 Å². The Balaban J connectivity index is 2.96. The molecule has 1 rings (SSSR count). The highest BCUT2D eigenvalue weighted by Gasteiger charge is 1.93. The molecule has 0 spiro atoms. The molecule has 1 aromatic rings. The van der Waals surface area contributed by atoms with Crippen LogP contribution < -0.4 is 10.2 Å². The summed E-state index contributed by atoms with van der Waals surface area (Å²) in [5.41, 5.74) is 0. The standard InChI is InChI=1S/C7H11N2P/c1-9(2)7-5-6(10)3-4-8-7/h3-5H,10H2,1-2H3. The highest BCUT2D eigenvalue weighted by molar-refractivity contribution is 7.27. The van der Waals surface area contributed by atoms with E-state index >= 15 is 0 Å². The van der Waals surface area contributed by atoms with E-state index in [-0.39, 0.29) is 0 Å². The Hall–Kier alpha value is -0.620. The molecule has 3 heteroatoms. The normalized spacial score (nSPS) is 9.50. The van der Waals surface area contributed by atoms with Gasteiger partial charge in [0.15, 0.2) is 0 Å². The molecule has 0 radical (unpaired) electrons. The second-order valence-electron chi connectivity index (χ2n) is 2.34. The van der Waals surface area contributed by atoms with E-state index in [2.05, 4.69) is 14.2 Å². The minimum atomic E-state index is 0.993. The van der Waals surface area contributed by atoms with Gasteiger partial charge in [-0.15, -0.1) is 9.24 Å². The summed E-state index contributed by atoms with van der Waals surface area (Å²) < 4.78 is 0. The number of pyridine rings is 1. The average Bonchev–Trinajstić information content (AvgIpc) is 1.88. The smallest absolute Gasteiger partial charge is 0.128 e. The number of hydrogen-bond donors (Lipinski definition) is 0. The maximum absolute atomic E-state index is 4.15. The molecule has 0 aliphatic carbocycles. The predicted molar refractivity (Wildman–Crippen MR) is 47.9 cm³/mol. The lowest BCUT2D eigenvalue weighted by atomic mass is 10.4. The van der Waals surface area contributed by atoms with Gasteiger partial charge in [0.25, 0.3) is 0 Å². The molecule has 1 aromatic heterocycles. The molecule has 1 atom stereocenters. The first-order valence-electron chi connectivity index (χ1n) is 3.09. The first kappa shape index (κ1) is 7.49. The molecule has 0 fully saturated rings. The number of anilines is 1. The molecule has 0 N–H and O–H groups in total. The van der Waals surface area contributed by atoms with Crippen LogP contribution in [0.4, 0.5) is 5.82 Å². The van der Waals surface area contributed by atoms with Crippen molar-refractivity contribution in [3.8, 4) is 0 Å². The summed E-state index contributed by atoms with van der Waals surface area (Å²) in [4.78, 5) is 6.13. The maximum atomic E-state index is 4.15. The third-order valence-electron chi connectivity index (χ3n) is 1.23. The topological polar surface area (TPSA) is 16.1 Å². The van der Waals surface area contributed by atoms with Crippen LogP contribution >= 0.6 is 9.24 Å². The summed E-state index contributed by atoms with van der Waals surface area (Å²) in [7, 11) is 6.60. The van der Waals surface area contributed by atoms with E-state index in [0.29, 0.717) is 0 Å². The van der Waals surface area contributed by atoms with E-state index in [1.54, 1.807) is 6.20 Å². The fourth-order valence-electron chi connectivity index (χ4n) is 0.679. The van der Waals surface area contributed by atoms with Crippen molar-refractivity contribution < 1.29 is 0 Å². The van der Waals surface area contributed by atoms with E-state index in [1.807, 2.05) is 31.1 Å². The molecule has 1 unspecified atom stereocenters. The number of hydrogen-bond acceptors (Lipinski definition) is 2. The fraction of sp³-hybridized carbons (Fsp3) is 0.286. The van der Waals surface area contributed by atoms with Crippen LogP contribution in [0.1, 0.15) is 0 Å². The van der Waals surface area contributed by atoms with Crippen LogP contribution in [-0.2, 0) is 0 Å². The first-order chi connectivity index (χ1) is 4.70. The van der Waals surface area contributed by atoms with Gasteiger partial charge in [0.1, 0.15) is 5.82 Å².